The third-order valence-corrected chi connectivity index (χ3v) is 3.39. The van der Waals surface area contributed by atoms with Gasteiger partial charge in [-0.1, -0.05) is 11.6 Å². The van der Waals surface area contributed by atoms with Gasteiger partial charge in [-0.15, -0.1) is 0 Å². The highest BCUT2D eigenvalue weighted by atomic mass is 35.5. The number of rotatable bonds is 2. The maximum Gasteiger partial charge on any atom is 0.231 e. The monoisotopic (exact) mass is 321 g/mol. The fourth-order valence-electron chi connectivity index (χ4n) is 2.02. The number of phenolic OH excluding ortho intramolecular Hbond substituents is 2. The first kappa shape index (κ1) is 14.2. The zero-order valence-electron chi connectivity index (χ0n) is 11.2. The van der Waals surface area contributed by atoms with Crippen molar-refractivity contribution in [3.8, 4) is 23.0 Å². The number of amidine groups is 1. The standard InChI is InChI=1S/C14H12ClN3O4/c15-9-4-8(10(19)5-11(9)20)14(18-16)17-7-1-2-12-13(3-7)22-6-21-12/h1-5,19-20H,6,16H2,(H,17,18). The molecule has 114 valence electrons. The van der Waals surface area contributed by atoms with Crippen LogP contribution in [0.2, 0.25) is 5.02 Å². The molecule has 0 saturated heterocycles. The van der Waals surface area contributed by atoms with E-state index < -0.39 is 0 Å². The topological polar surface area (TPSA) is 109 Å². The van der Waals surface area contributed by atoms with E-state index in [0.29, 0.717) is 17.2 Å². The summed E-state index contributed by atoms with van der Waals surface area (Å²) in [5.41, 5.74) is 0.889. The van der Waals surface area contributed by atoms with Gasteiger partial charge in [-0.2, -0.15) is 5.10 Å². The number of anilines is 1. The second-order valence-corrected chi connectivity index (χ2v) is 4.90. The lowest BCUT2D eigenvalue weighted by molar-refractivity contribution is 0.174. The Balaban J connectivity index is 1.91. The van der Waals surface area contributed by atoms with Crippen LogP contribution in [0.3, 0.4) is 0 Å². The molecule has 5 N–H and O–H groups in total. The SMILES string of the molecule is N/N=C(\Nc1ccc2c(c1)OCO2)c1cc(Cl)c(O)cc1O. The Bertz CT molecular complexity index is 764. The molecule has 0 radical (unpaired) electrons. The normalized spacial score (nSPS) is 13.2. The minimum Gasteiger partial charge on any atom is -0.507 e. The lowest BCUT2D eigenvalue weighted by Gasteiger charge is -2.12. The Morgan fingerprint density at radius 2 is 1.91 bits per heavy atom. The van der Waals surface area contributed by atoms with Crippen LogP contribution < -0.4 is 20.6 Å². The van der Waals surface area contributed by atoms with E-state index in [-0.39, 0.29) is 34.7 Å². The molecule has 2 aromatic rings. The predicted octanol–water partition coefficient (Wildman–Crippen LogP) is 2.21. The number of nitrogens with two attached hydrogens (primary N) is 1. The van der Waals surface area contributed by atoms with Gasteiger partial charge in [0.2, 0.25) is 6.79 Å². The van der Waals surface area contributed by atoms with Crippen LogP contribution in [0.25, 0.3) is 0 Å². The molecular weight excluding hydrogens is 310 g/mol. The lowest BCUT2D eigenvalue weighted by atomic mass is 10.1. The Morgan fingerprint density at radius 1 is 1.14 bits per heavy atom. The zero-order valence-corrected chi connectivity index (χ0v) is 12.0. The van der Waals surface area contributed by atoms with Crippen molar-refractivity contribution in [1.82, 2.24) is 0 Å². The van der Waals surface area contributed by atoms with Gasteiger partial charge in [0.25, 0.3) is 0 Å². The quantitative estimate of drug-likeness (QED) is 0.292. The van der Waals surface area contributed by atoms with Gasteiger partial charge in [0.05, 0.1) is 10.6 Å². The summed E-state index contributed by atoms with van der Waals surface area (Å²) < 4.78 is 10.5. The van der Waals surface area contributed by atoms with Gasteiger partial charge in [-0.05, 0) is 18.2 Å². The average molecular weight is 322 g/mol. The first-order valence-corrected chi connectivity index (χ1v) is 6.62. The molecule has 0 aromatic heterocycles. The van der Waals surface area contributed by atoms with Crippen LogP contribution in [-0.2, 0) is 0 Å². The maximum atomic E-state index is 9.91. The van der Waals surface area contributed by atoms with E-state index in [4.69, 9.17) is 26.9 Å². The number of nitrogens with zero attached hydrogens (tertiary/aromatic N) is 1. The molecule has 0 unspecified atom stereocenters. The number of hydrazone groups is 1. The molecule has 0 amide bonds. The second kappa shape index (κ2) is 5.53. The first-order chi connectivity index (χ1) is 10.6. The fourth-order valence-corrected chi connectivity index (χ4v) is 2.18. The van der Waals surface area contributed by atoms with E-state index >= 15 is 0 Å². The van der Waals surface area contributed by atoms with Gasteiger partial charge in [-0.3, -0.25) is 0 Å². The smallest absolute Gasteiger partial charge is 0.231 e. The number of halogens is 1. The zero-order chi connectivity index (χ0) is 15.7. The van der Waals surface area contributed by atoms with Crippen LogP contribution in [0.1, 0.15) is 5.56 Å². The van der Waals surface area contributed by atoms with E-state index in [1.165, 1.54) is 6.07 Å². The number of ether oxygens (including phenoxy) is 2. The highest BCUT2D eigenvalue weighted by molar-refractivity contribution is 6.32. The number of benzene rings is 2. The summed E-state index contributed by atoms with van der Waals surface area (Å²) in [6, 6.07) is 7.68. The number of hydrogen-bond acceptors (Lipinski definition) is 6. The van der Waals surface area contributed by atoms with Crippen LogP contribution in [0.4, 0.5) is 5.69 Å². The van der Waals surface area contributed by atoms with Crippen molar-refractivity contribution in [2.24, 2.45) is 10.9 Å². The fraction of sp³-hybridized carbons (Fsp3) is 0.0714. The van der Waals surface area contributed by atoms with Crippen molar-refractivity contribution in [1.29, 1.82) is 0 Å². The summed E-state index contributed by atoms with van der Waals surface area (Å²) in [7, 11) is 0. The Morgan fingerprint density at radius 3 is 2.68 bits per heavy atom. The predicted molar refractivity (Wildman–Crippen MR) is 81.7 cm³/mol. The second-order valence-electron chi connectivity index (χ2n) is 4.49. The van der Waals surface area contributed by atoms with Crippen molar-refractivity contribution >= 4 is 23.1 Å². The minimum atomic E-state index is -0.234. The maximum absolute atomic E-state index is 9.91. The summed E-state index contributed by atoms with van der Waals surface area (Å²) >= 11 is 5.85. The summed E-state index contributed by atoms with van der Waals surface area (Å²) in [4.78, 5) is 0. The van der Waals surface area contributed by atoms with Gasteiger partial charge in [0.1, 0.15) is 11.5 Å². The van der Waals surface area contributed by atoms with Crippen molar-refractivity contribution in [2.45, 2.75) is 0 Å². The Kier molecular flexibility index (Phi) is 3.56. The van der Waals surface area contributed by atoms with Gasteiger partial charge in [-0.25, -0.2) is 0 Å². The number of phenols is 2. The molecule has 2 aromatic carbocycles. The van der Waals surface area contributed by atoms with Gasteiger partial charge < -0.3 is 30.8 Å². The number of nitrogens with one attached hydrogen (secondary N) is 1. The average Bonchev–Trinajstić information content (AvgIpc) is 2.96. The van der Waals surface area contributed by atoms with Crippen molar-refractivity contribution in [3.05, 3.63) is 40.9 Å². The molecule has 1 aliphatic heterocycles. The van der Waals surface area contributed by atoms with Crippen LogP contribution in [0.15, 0.2) is 35.4 Å². The molecule has 1 aliphatic rings. The summed E-state index contributed by atoms with van der Waals surface area (Å²) in [5.74, 6) is 6.35. The first-order valence-electron chi connectivity index (χ1n) is 6.25. The molecule has 0 spiro atoms. The van der Waals surface area contributed by atoms with Crippen molar-refractivity contribution in [2.75, 3.05) is 12.1 Å². The Labute approximate surface area is 130 Å². The molecular formula is C14H12ClN3O4. The van der Waals surface area contributed by atoms with E-state index in [9.17, 15) is 10.2 Å². The summed E-state index contributed by atoms with van der Waals surface area (Å²) in [6.07, 6.45) is 0. The van der Waals surface area contributed by atoms with E-state index in [1.807, 2.05) is 0 Å². The van der Waals surface area contributed by atoms with Gasteiger partial charge in [0.15, 0.2) is 17.3 Å². The van der Waals surface area contributed by atoms with Crippen molar-refractivity contribution < 1.29 is 19.7 Å². The van der Waals surface area contributed by atoms with Gasteiger partial charge >= 0.3 is 0 Å². The molecule has 0 bridgehead atoms. The number of fused-ring (bicyclic) bond motifs is 1. The molecule has 0 fully saturated rings. The summed E-state index contributed by atoms with van der Waals surface area (Å²) in [5, 5.41) is 26.0. The minimum absolute atomic E-state index is 0.0708. The molecule has 3 rings (SSSR count). The third-order valence-electron chi connectivity index (χ3n) is 3.08. The molecule has 22 heavy (non-hydrogen) atoms. The number of aromatic hydroxyl groups is 2. The molecule has 1 heterocycles. The third kappa shape index (κ3) is 2.53. The van der Waals surface area contributed by atoms with Crippen LogP contribution >= 0.6 is 11.6 Å². The van der Waals surface area contributed by atoms with Gasteiger partial charge in [0, 0.05) is 17.8 Å². The molecule has 8 heteroatoms. The van der Waals surface area contributed by atoms with Crippen LogP contribution in [0, 0.1) is 0 Å². The highest BCUT2D eigenvalue weighted by Crippen LogP contribution is 2.35. The lowest BCUT2D eigenvalue weighted by Crippen LogP contribution is -2.16. The number of hydrogen-bond donors (Lipinski definition) is 4. The molecule has 0 atom stereocenters. The van der Waals surface area contributed by atoms with Crippen LogP contribution in [-0.4, -0.2) is 22.8 Å². The van der Waals surface area contributed by atoms with E-state index in [0.717, 1.165) is 6.07 Å². The van der Waals surface area contributed by atoms with Crippen molar-refractivity contribution in [3.63, 3.8) is 0 Å². The molecule has 0 saturated carbocycles. The Hall–Kier alpha value is -2.80. The summed E-state index contributed by atoms with van der Waals surface area (Å²) in [6.45, 7) is 0.172. The highest BCUT2D eigenvalue weighted by Gasteiger charge is 2.16. The largest absolute Gasteiger partial charge is 0.507 e. The molecule has 0 aliphatic carbocycles. The van der Waals surface area contributed by atoms with Crippen LogP contribution in [0.5, 0.6) is 23.0 Å². The molecule has 7 nitrogen and oxygen atoms in total. The van der Waals surface area contributed by atoms with E-state index in [2.05, 4.69) is 10.4 Å². The van der Waals surface area contributed by atoms with E-state index in [1.54, 1.807) is 18.2 Å².